The quantitative estimate of drug-likeness (QED) is 0.476. The summed E-state index contributed by atoms with van der Waals surface area (Å²) >= 11 is 0. The van der Waals surface area contributed by atoms with Gasteiger partial charge in [-0.15, -0.1) is 0 Å². The molecular weight excluding hydrogens is 442 g/mol. The van der Waals surface area contributed by atoms with Crippen molar-refractivity contribution >= 4 is 0 Å². The van der Waals surface area contributed by atoms with E-state index < -0.39 is 22.8 Å². The lowest BCUT2D eigenvalue weighted by Crippen LogP contribution is -2.35. The van der Waals surface area contributed by atoms with Crippen LogP contribution in [-0.4, -0.2) is 57.0 Å². The van der Waals surface area contributed by atoms with Gasteiger partial charge in [0, 0.05) is 36.7 Å². The first kappa shape index (κ1) is 24.7. The van der Waals surface area contributed by atoms with E-state index in [0.29, 0.717) is 6.42 Å². The number of H-pyrrole nitrogens is 1. The fourth-order valence-corrected chi connectivity index (χ4v) is 4.16. The van der Waals surface area contributed by atoms with Gasteiger partial charge in [-0.1, -0.05) is 36.1 Å². The minimum Gasteiger partial charge on any atom is -0.502 e. The highest BCUT2D eigenvalue weighted by molar-refractivity contribution is 5.44. The van der Waals surface area contributed by atoms with E-state index in [4.69, 9.17) is 4.74 Å². The number of hydrogen-bond donors (Lipinski definition) is 3. The van der Waals surface area contributed by atoms with Crippen LogP contribution in [0.5, 0.6) is 5.75 Å². The van der Waals surface area contributed by atoms with E-state index >= 15 is 0 Å². The highest BCUT2D eigenvalue weighted by atomic mass is 16.5. The predicted molar refractivity (Wildman–Crippen MR) is 134 cm³/mol. The monoisotopic (exact) mass is 473 g/mol. The zero-order valence-electron chi connectivity index (χ0n) is 20.1. The Kier molecular flexibility index (Phi) is 7.67. The number of morpholine rings is 1. The Balaban J connectivity index is 1.42. The Morgan fingerprint density at radius 2 is 1.60 bits per heavy atom. The molecule has 35 heavy (non-hydrogen) atoms. The number of aliphatic hydroxyl groups is 1. The summed E-state index contributed by atoms with van der Waals surface area (Å²) in [6.45, 7) is 7.75. The number of aromatic amines is 1. The first-order chi connectivity index (χ1) is 16.8. The SMILES string of the molecule is CC(C)(O)C(Cc1ccc(C#Cc2ccc(CN3CCOCC3)cc2)cc1)c1nc[nH]c(=O)c1O. The molecule has 0 aliphatic carbocycles. The van der Waals surface area contributed by atoms with E-state index in [1.807, 2.05) is 36.4 Å². The zero-order valence-corrected chi connectivity index (χ0v) is 20.1. The normalized spacial score (nSPS) is 15.3. The van der Waals surface area contributed by atoms with E-state index in [-0.39, 0.29) is 5.69 Å². The van der Waals surface area contributed by atoms with Crippen molar-refractivity contribution in [2.45, 2.75) is 38.3 Å². The van der Waals surface area contributed by atoms with Crippen LogP contribution in [0.4, 0.5) is 0 Å². The summed E-state index contributed by atoms with van der Waals surface area (Å²) in [5.74, 6) is 5.39. The van der Waals surface area contributed by atoms with Crippen LogP contribution in [0.3, 0.4) is 0 Å². The molecule has 2 aromatic carbocycles. The molecule has 1 atom stereocenters. The molecule has 1 saturated heterocycles. The molecule has 3 N–H and O–H groups in total. The van der Waals surface area contributed by atoms with E-state index in [1.54, 1.807) is 13.8 Å². The highest BCUT2D eigenvalue weighted by Gasteiger charge is 2.32. The summed E-state index contributed by atoms with van der Waals surface area (Å²) in [5, 5.41) is 20.9. The number of nitrogens with one attached hydrogen (secondary N) is 1. The molecule has 1 aliphatic rings. The average Bonchev–Trinajstić information content (AvgIpc) is 2.85. The van der Waals surface area contributed by atoms with Crippen molar-refractivity contribution in [3.8, 4) is 17.6 Å². The fraction of sp³-hybridized carbons (Fsp3) is 0.357. The lowest BCUT2D eigenvalue weighted by atomic mass is 9.82. The highest BCUT2D eigenvalue weighted by Crippen LogP contribution is 2.33. The van der Waals surface area contributed by atoms with Crippen molar-refractivity contribution < 1.29 is 14.9 Å². The van der Waals surface area contributed by atoms with Gasteiger partial charge in [0.2, 0.25) is 5.75 Å². The number of aromatic hydroxyl groups is 1. The molecule has 0 bridgehead atoms. The third-order valence-corrected chi connectivity index (χ3v) is 6.25. The summed E-state index contributed by atoms with van der Waals surface area (Å²) < 4.78 is 5.40. The maximum Gasteiger partial charge on any atom is 0.293 e. The number of rotatable bonds is 6. The van der Waals surface area contributed by atoms with Gasteiger partial charge in [-0.25, -0.2) is 4.98 Å². The Labute approximate surface area is 205 Å². The molecule has 0 radical (unpaired) electrons. The maximum atomic E-state index is 11.8. The Bertz CT molecular complexity index is 1240. The molecule has 4 rings (SSSR count). The predicted octanol–water partition coefficient (Wildman–Crippen LogP) is 2.80. The van der Waals surface area contributed by atoms with Gasteiger partial charge in [0.25, 0.3) is 5.56 Å². The lowest BCUT2D eigenvalue weighted by Gasteiger charge is -2.29. The van der Waals surface area contributed by atoms with Crippen LogP contribution in [0.2, 0.25) is 0 Å². The summed E-state index contributed by atoms with van der Waals surface area (Å²) in [4.78, 5) is 20.7. The molecule has 1 fully saturated rings. The molecule has 182 valence electrons. The summed E-state index contributed by atoms with van der Waals surface area (Å²) in [6, 6.07) is 16.1. The minimum absolute atomic E-state index is 0.183. The number of hydrogen-bond acceptors (Lipinski definition) is 6. The van der Waals surface area contributed by atoms with E-state index in [0.717, 1.165) is 49.5 Å². The molecule has 7 heteroatoms. The Morgan fingerprint density at radius 1 is 1.03 bits per heavy atom. The van der Waals surface area contributed by atoms with Crippen LogP contribution in [0.15, 0.2) is 59.7 Å². The standard InChI is InChI=1S/C28H31N3O4/c1-28(2,34)24(25-26(32)27(33)30-19-29-25)17-22-9-5-20(6-10-22)3-4-21-7-11-23(12-8-21)18-31-13-15-35-16-14-31/h5-12,19,24,32,34H,13-18H2,1-2H3,(H,29,30,33). The third-order valence-electron chi connectivity index (χ3n) is 6.25. The van der Waals surface area contributed by atoms with Gasteiger partial charge in [-0.05, 0) is 55.7 Å². The molecule has 0 amide bonds. The average molecular weight is 474 g/mol. The van der Waals surface area contributed by atoms with Crippen LogP contribution in [0.25, 0.3) is 0 Å². The molecule has 7 nitrogen and oxygen atoms in total. The minimum atomic E-state index is -1.19. The maximum absolute atomic E-state index is 11.8. The largest absolute Gasteiger partial charge is 0.502 e. The van der Waals surface area contributed by atoms with Crippen molar-refractivity contribution in [3.05, 3.63) is 93.2 Å². The molecule has 1 unspecified atom stereocenters. The number of ether oxygens (including phenoxy) is 1. The zero-order chi connectivity index (χ0) is 24.8. The first-order valence-corrected chi connectivity index (χ1v) is 11.8. The van der Waals surface area contributed by atoms with E-state index in [9.17, 15) is 15.0 Å². The molecule has 3 aromatic rings. The third kappa shape index (κ3) is 6.58. The number of aromatic nitrogens is 2. The smallest absolute Gasteiger partial charge is 0.293 e. The van der Waals surface area contributed by atoms with E-state index in [1.165, 1.54) is 11.9 Å². The van der Waals surface area contributed by atoms with Crippen LogP contribution < -0.4 is 5.56 Å². The van der Waals surface area contributed by atoms with Crippen LogP contribution in [-0.2, 0) is 17.7 Å². The molecule has 1 aliphatic heterocycles. The van der Waals surface area contributed by atoms with Gasteiger partial charge in [0.1, 0.15) is 0 Å². The van der Waals surface area contributed by atoms with Crippen molar-refractivity contribution in [3.63, 3.8) is 0 Å². The first-order valence-electron chi connectivity index (χ1n) is 11.8. The number of nitrogens with zero attached hydrogens (tertiary/aromatic N) is 2. The van der Waals surface area contributed by atoms with Crippen LogP contribution in [0.1, 0.15) is 47.7 Å². The second kappa shape index (κ2) is 10.9. The summed E-state index contributed by atoms with van der Waals surface area (Å²) in [7, 11) is 0. The van der Waals surface area contributed by atoms with Gasteiger partial charge in [-0.2, -0.15) is 0 Å². The van der Waals surface area contributed by atoms with Gasteiger partial charge < -0.3 is 19.9 Å². The van der Waals surface area contributed by atoms with E-state index in [2.05, 4.69) is 38.8 Å². The molecule has 0 saturated carbocycles. The Hall–Kier alpha value is -3.44. The van der Waals surface area contributed by atoms with Crippen LogP contribution in [0, 0.1) is 11.8 Å². The molecular formula is C28H31N3O4. The Morgan fingerprint density at radius 3 is 2.17 bits per heavy atom. The second-order valence-electron chi connectivity index (χ2n) is 9.41. The van der Waals surface area contributed by atoms with Crippen molar-refractivity contribution in [1.82, 2.24) is 14.9 Å². The lowest BCUT2D eigenvalue weighted by molar-refractivity contribution is 0.0342. The molecule has 2 heterocycles. The van der Waals surface area contributed by atoms with Crippen molar-refractivity contribution in [2.24, 2.45) is 0 Å². The van der Waals surface area contributed by atoms with Gasteiger partial charge >= 0.3 is 0 Å². The second-order valence-corrected chi connectivity index (χ2v) is 9.41. The summed E-state index contributed by atoms with van der Waals surface area (Å²) in [5.41, 5.74) is 2.41. The van der Waals surface area contributed by atoms with Crippen molar-refractivity contribution in [1.29, 1.82) is 0 Å². The summed E-state index contributed by atoms with van der Waals surface area (Å²) in [6.07, 6.45) is 1.65. The molecule has 0 spiro atoms. The van der Waals surface area contributed by atoms with Crippen molar-refractivity contribution in [2.75, 3.05) is 26.3 Å². The van der Waals surface area contributed by atoms with Gasteiger partial charge in [0.05, 0.1) is 30.8 Å². The van der Waals surface area contributed by atoms with Gasteiger partial charge in [0.15, 0.2) is 0 Å². The van der Waals surface area contributed by atoms with Crippen LogP contribution >= 0.6 is 0 Å². The fourth-order valence-electron chi connectivity index (χ4n) is 4.16. The number of benzene rings is 2. The van der Waals surface area contributed by atoms with Gasteiger partial charge in [-0.3, -0.25) is 9.69 Å². The molecule has 1 aromatic heterocycles. The topological polar surface area (TPSA) is 98.7 Å².